The van der Waals surface area contributed by atoms with Crippen molar-refractivity contribution in [2.24, 2.45) is 0 Å². The molecule has 2 N–H and O–H groups in total. The van der Waals surface area contributed by atoms with Gasteiger partial charge in [-0.2, -0.15) is 0 Å². The minimum Gasteiger partial charge on any atom is -0.457 e. The van der Waals surface area contributed by atoms with E-state index in [4.69, 9.17) is 23.7 Å². The van der Waals surface area contributed by atoms with Crippen molar-refractivity contribution in [2.75, 3.05) is 13.2 Å². The van der Waals surface area contributed by atoms with Gasteiger partial charge in [-0.1, -0.05) is 134 Å². The molecule has 48 heavy (non-hydrogen) atoms. The zero-order valence-corrected chi connectivity index (χ0v) is 26.7. The first-order chi connectivity index (χ1) is 23.5. The van der Waals surface area contributed by atoms with Crippen LogP contribution >= 0.6 is 0 Å². The second-order valence-electron chi connectivity index (χ2n) is 10.7. The van der Waals surface area contributed by atoms with Crippen LogP contribution in [0.4, 0.5) is 4.79 Å². The summed E-state index contributed by atoms with van der Waals surface area (Å²) in [6.45, 7) is 3.88. The topological polar surface area (TPSA) is 113 Å². The Morgan fingerprint density at radius 2 is 1.15 bits per heavy atom. The molecule has 9 nitrogen and oxygen atoms in total. The quantitative estimate of drug-likeness (QED) is 0.0693. The Kier molecular flexibility index (Phi) is 15.1. The Morgan fingerprint density at radius 3 is 1.67 bits per heavy atom. The van der Waals surface area contributed by atoms with Crippen LogP contribution in [-0.2, 0) is 54.9 Å². The largest absolute Gasteiger partial charge is 0.457 e. The first-order valence-corrected chi connectivity index (χ1v) is 15.6. The molecule has 0 saturated carbocycles. The SMILES string of the molecule is C=CCOC(=O)/C(=C/[C@@H](OCc1ccccc1)[C@H](OCc1ccccc1)[C@H](O)COCc1ccccc1)NC(=O)OCc1ccccc1. The van der Waals surface area contributed by atoms with Crippen molar-refractivity contribution in [3.8, 4) is 0 Å². The van der Waals surface area contributed by atoms with Gasteiger partial charge >= 0.3 is 12.1 Å². The number of aliphatic hydroxyl groups is 1. The Hall–Kier alpha value is -5.06. The molecule has 0 heterocycles. The van der Waals surface area contributed by atoms with Crippen molar-refractivity contribution in [1.29, 1.82) is 0 Å². The molecule has 0 unspecified atom stereocenters. The van der Waals surface area contributed by atoms with Gasteiger partial charge < -0.3 is 28.8 Å². The fourth-order valence-electron chi connectivity index (χ4n) is 4.57. The van der Waals surface area contributed by atoms with Gasteiger partial charge in [0.2, 0.25) is 0 Å². The summed E-state index contributed by atoms with van der Waals surface area (Å²) in [5, 5.41) is 14.0. The smallest absolute Gasteiger partial charge is 0.412 e. The molecule has 9 heteroatoms. The summed E-state index contributed by atoms with van der Waals surface area (Å²) >= 11 is 0. The highest BCUT2D eigenvalue weighted by molar-refractivity contribution is 5.92. The Balaban J connectivity index is 1.62. The summed E-state index contributed by atoms with van der Waals surface area (Å²) in [5.74, 6) is -0.850. The molecule has 0 bridgehead atoms. The molecule has 0 aromatic heterocycles. The third-order valence-corrected chi connectivity index (χ3v) is 7.01. The standard InChI is InChI=1S/C39H41NO8/c1-2-23-45-38(42)34(40-39(43)48-28-33-21-13-6-14-22-33)24-36(46-26-31-17-9-4-10-18-31)37(47-27-32-19-11-5-12-20-32)35(41)29-44-25-30-15-7-3-8-16-30/h2-22,24,35-37,41H,1,23,25-29H2,(H,40,43)/b34-24-/t35-,36-,37-/m1/s1. The normalized spacial score (nSPS) is 13.1. The van der Waals surface area contributed by atoms with Gasteiger partial charge in [0.1, 0.15) is 37.2 Å². The minimum atomic E-state index is -1.20. The minimum absolute atomic E-state index is 0.0180. The number of nitrogens with one attached hydrogen (secondary N) is 1. The van der Waals surface area contributed by atoms with E-state index in [2.05, 4.69) is 11.9 Å². The van der Waals surface area contributed by atoms with Gasteiger partial charge in [0.15, 0.2) is 0 Å². The molecule has 0 aliphatic carbocycles. The molecule has 0 spiro atoms. The van der Waals surface area contributed by atoms with Crippen molar-refractivity contribution in [3.63, 3.8) is 0 Å². The maximum Gasteiger partial charge on any atom is 0.412 e. The average Bonchev–Trinajstić information content (AvgIpc) is 3.13. The van der Waals surface area contributed by atoms with Crippen LogP contribution in [0.1, 0.15) is 22.3 Å². The van der Waals surface area contributed by atoms with Crippen LogP contribution in [-0.4, -0.2) is 48.7 Å². The lowest BCUT2D eigenvalue weighted by molar-refractivity contribution is -0.140. The second kappa shape index (κ2) is 20.2. The van der Waals surface area contributed by atoms with Gasteiger partial charge in [-0.3, -0.25) is 5.32 Å². The maximum absolute atomic E-state index is 13.2. The molecule has 0 saturated heterocycles. The molecule has 3 atom stereocenters. The Morgan fingerprint density at radius 1 is 0.667 bits per heavy atom. The molecule has 0 fully saturated rings. The van der Waals surface area contributed by atoms with E-state index < -0.39 is 30.4 Å². The molecular formula is C39H41NO8. The number of hydrogen-bond acceptors (Lipinski definition) is 8. The fourth-order valence-corrected chi connectivity index (χ4v) is 4.57. The lowest BCUT2D eigenvalue weighted by Crippen LogP contribution is -2.44. The van der Waals surface area contributed by atoms with Crippen LogP contribution in [0.5, 0.6) is 0 Å². The van der Waals surface area contributed by atoms with E-state index in [0.29, 0.717) is 0 Å². The predicted molar refractivity (Wildman–Crippen MR) is 181 cm³/mol. The van der Waals surface area contributed by atoms with Crippen LogP contribution in [0.3, 0.4) is 0 Å². The summed E-state index contributed by atoms with van der Waals surface area (Å²) in [4.78, 5) is 26.1. The molecule has 1 amide bonds. The first kappa shape index (κ1) is 35.8. The Labute approximate surface area is 281 Å². The summed E-state index contributed by atoms with van der Waals surface area (Å²) in [6, 6.07) is 37.6. The van der Waals surface area contributed by atoms with E-state index in [1.54, 1.807) is 0 Å². The van der Waals surface area contributed by atoms with E-state index in [0.717, 1.165) is 22.3 Å². The van der Waals surface area contributed by atoms with Crippen LogP contribution in [0.15, 0.2) is 146 Å². The highest BCUT2D eigenvalue weighted by Gasteiger charge is 2.32. The fraction of sp³-hybridized carbons (Fsp3) is 0.231. The lowest BCUT2D eigenvalue weighted by Gasteiger charge is -2.30. The van der Waals surface area contributed by atoms with Gasteiger partial charge in [-0.05, 0) is 28.3 Å². The highest BCUT2D eigenvalue weighted by Crippen LogP contribution is 2.19. The van der Waals surface area contributed by atoms with E-state index in [9.17, 15) is 14.7 Å². The van der Waals surface area contributed by atoms with Crippen LogP contribution in [0.2, 0.25) is 0 Å². The zero-order valence-electron chi connectivity index (χ0n) is 26.7. The molecule has 0 aliphatic rings. The van der Waals surface area contributed by atoms with Gasteiger partial charge in [-0.25, -0.2) is 9.59 Å². The third-order valence-electron chi connectivity index (χ3n) is 7.01. The van der Waals surface area contributed by atoms with Crippen LogP contribution < -0.4 is 5.32 Å². The monoisotopic (exact) mass is 651 g/mol. The van der Waals surface area contributed by atoms with Crippen molar-refractivity contribution >= 4 is 12.1 Å². The number of benzene rings is 4. The van der Waals surface area contributed by atoms with Gasteiger partial charge in [0.25, 0.3) is 0 Å². The molecule has 4 rings (SSSR count). The van der Waals surface area contributed by atoms with E-state index >= 15 is 0 Å². The second-order valence-corrected chi connectivity index (χ2v) is 10.7. The average molecular weight is 652 g/mol. The number of aliphatic hydroxyl groups excluding tert-OH is 1. The van der Waals surface area contributed by atoms with Crippen molar-refractivity contribution < 1.29 is 38.4 Å². The third kappa shape index (κ3) is 12.6. The van der Waals surface area contributed by atoms with E-state index in [1.165, 1.54) is 12.2 Å². The maximum atomic E-state index is 13.2. The van der Waals surface area contributed by atoms with Gasteiger partial charge in [0, 0.05) is 0 Å². The van der Waals surface area contributed by atoms with Crippen molar-refractivity contribution in [2.45, 2.75) is 44.7 Å². The predicted octanol–water partition coefficient (Wildman–Crippen LogP) is 6.27. The van der Waals surface area contributed by atoms with E-state index in [-0.39, 0.29) is 45.3 Å². The van der Waals surface area contributed by atoms with Crippen LogP contribution in [0.25, 0.3) is 0 Å². The molecule has 0 aliphatic heterocycles. The molecule has 4 aromatic rings. The lowest BCUT2D eigenvalue weighted by atomic mass is 10.1. The Bertz CT molecular complexity index is 1550. The highest BCUT2D eigenvalue weighted by atomic mass is 16.6. The summed E-state index contributed by atoms with van der Waals surface area (Å²) in [6.07, 6.45) is -1.42. The number of hydrogen-bond donors (Lipinski definition) is 2. The van der Waals surface area contributed by atoms with Gasteiger partial charge in [0.05, 0.1) is 26.4 Å². The zero-order chi connectivity index (χ0) is 33.8. The summed E-state index contributed by atoms with van der Waals surface area (Å²) in [7, 11) is 0. The molecular weight excluding hydrogens is 610 g/mol. The number of ether oxygens (including phenoxy) is 5. The first-order valence-electron chi connectivity index (χ1n) is 15.6. The molecule has 4 aromatic carbocycles. The van der Waals surface area contributed by atoms with E-state index in [1.807, 2.05) is 121 Å². The van der Waals surface area contributed by atoms with Crippen molar-refractivity contribution in [3.05, 3.63) is 168 Å². The summed E-state index contributed by atoms with van der Waals surface area (Å²) in [5.41, 5.74) is 3.16. The van der Waals surface area contributed by atoms with Gasteiger partial charge in [-0.15, -0.1) is 0 Å². The number of carbonyl (C=O) groups is 2. The van der Waals surface area contributed by atoms with Crippen molar-refractivity contribution in [1.82, 2.24) is 5.32 Å². The molecule has 250 valence electrons. The number of carbonyl (C=O) groups excluding carboxylic acids is 2. The van der Waals surface area contributed by atoms with Crippen LogP contribution in [0, 0.1) is 0 Å². The number of alkyl carbamates (subject to hydrolysis) is 1. The summed E-state index contributed by atoms with van der Waals surface area (Å²) < 4.78 is 29.2. The number of amides is 1. The molecule has 0 radical (unpaired) electrons. The number of rotatable bonds is 19. The number of esters is 1.